The predicted molar refractivity (Wildman–Crippen MR) is 96.9 cm³/mol. The quantitative estimate of drug-likeness (QED) is 0.656. The highest BCUT2D eigenvalue weighted by Crippen LogP contribution is 2.23. The number of ether oxygens (including phenoxy) is 1. The molecule has 0 spiro atoms. The van der Waals surface area contributed by atoms with Gasteiger partial charge >= 0.3 is 0 Å². The third-order valence-corrected chi connectivity index (χ3v) is 3.78. The van der Waals surface area contributed by atoms with Crippen molar-refractivity contribution in [3.63, 3.8) is 0 Å². The second-order valence-electron chi connectivity index (χ2n) is 6.68. The zero-order valence-electron chi connectivity index (χ0n) is 15.6. The van der Waals surface area contributed by atoms with Gasteiger partial charge in [0.1, 0.15) is 18.1 Å². The van der Waals surface area contributed by atoms with Gasteiger partial charge in [-0.2, -0.15) is 10.1 Å². The van der Waals surface area contributed by atoms with Crippen molar-refractivity contribution < 1.29 is 14.1 Å². The minimum Gasteiger partial charge on any atom is -0.491 e. The SMILES string of the molecule is CC(C)Oc1ccc(C(=O)N[C@@H](c2nc(-c3ncn[nH]3)no2)C(C)C)cc1. The number of carbonyl (C=O) groups excluding carboxylic acids is 1. The number of aromatic amines is 1. The lowest BCUT2D eigenvalue weighted by Crippen LogP contribution is -2.32. The summed E-state index contributed by atoms with van der Waals surface area (Å²) < 4.78 is 10.9. The molecule has 1 amide bonds. The first-order valence-electron chi connectivity index (χ1n) is 8.71. The first kappa shape index (κ1) is 18.6. The summed E-state index contributed by atoms with van der Waals surface area (Å²) >= 11 is 0. The van der Waals surface area contributed by atoms with Crippen LogP contribution in [0.3, 0.4) is 0 Å². The van der Waals surface area contributed by atoms with Crippen molar-refractivity contribution in [2.45, 2.75) is 39.8 Å². The third kappa shape index (κ3) is 4.49. The molecule has 3 aromatic rings. The minimum absolute atomic E-state index is 0.0422. The number of rotatable bonds is 7. The van der Waals surface area contributed by atoms with E-state index in [2.05, 4.69) is 30.6 Å². The van der Waals surface area contributed by atoms with Gasteiger partial charge < -0.3 is 14.6 Å². The molecule has 0 aliphatic rings. The molecule has 0 aliphatic heterocycles. The summed E-state index contributed by atoms with van der Waals surface area (Å²) in [7, 11) is 0. The second kappa shape index (κ2) is 7.98. The van der Waals surface area contributed by atoms with Gasteiger partial charge in [-0.25, -0.2) is 4.98 Å². The molecule has 2 aromatic heterocycles. The Hall–Kier alpha value is -3.23. The van der Waals surface area contributed by atoms with E-state index in [9.17, 15) is 4.79 Å². The molecule has 2 N–H and O–H groups in total. The van der Waals surface area contributed by atoms with E-state index in [-0.39, 0.29) is 23.8 Å². The second-order valence-corrected chi connectivity index (χ2v) is 6.68. The maximum absolute atomic E-state index is 12.6. The van der Waals surface area contributed by atoms with Crippen molar-refractivity contribution in [2.75, 3.05) is 0 Å². The van der Waals surface area contributed by atoms with Crippen LogP contribution in [0.4, 0.5) is 0 Å². The first-order chi connectivity index (χ1) is 12.9. The summed E-state index contributed by atoms with van der Waals surface area (Å²) in [5.74, 6) is 1.53. The number of H-pyrrole nitrogens is 1. The van der Waals surface area contributed by atoms with Crippen LogP contribution in [0.1, 0.15) is 50.0 Å². The maximum atomic E-state index is 12.6. The van der Waals surface area contributed by atoms with Crippen LogP contribution in [0, 0.1) is 5.92 Å². The normalized spacial score (nSPS) is 12.4. The van der Waals surface area contributed by atoms with Crippen molar-refractivity contribution >= 4 is 5.91 Å². The summed E-state index contributed by atoms with van der Waals surface area (Å²) in [5, 5.41) is 13.3. The van der Waals surface area contributed by atoms with Crippen LogP contribution >= 0.6 is 0 Å². The van der Waals surface area contributed by atoms with Crippen LogP contribution in [0.25, 0.3) is 11.6 Å². The van der Waals surface area contributed by atoms with Crippen LogP contribution < -0.4 is 10.1 Å². The molecule has 142 valence electrons. The van der Waals surface area contributed by atoms with Crippen molar-refractivity contribution in [2.24, 2.45) is 5.92 Å². The summed E-state index contributed by atoms with van der Waals surface area (Å²) in [6.45, 7) is 7.82. The lowest BCUT2D eigenvalue weighted by molar-refractivity contribution is 0.0914. The average Bonchev–Trinajstić information content (AvgIpc) is 3.30. The molecule has 9 nitrogen and oxygen atoms in total. The smallest absolute Gasteiger partial charge is 0.251 e. The van der Waals surface area contributed by atoms with Crippen LogP contribution in [0.5, 0.6) is 5.75 Å². The molecule has 9 heteroatoms. The van der Waals surface area contributed by atoms with Gasteiger partial charge in [-0.3, -0.25) is 9.89 Å². The largest absolute Gasteiger partial charge is 0.491 e. The molecule has 3 rings (SSSR count). The van der Waals surface area contributed by atoms with Gasteiger partial charge in [-0.1, -0.05) is 19.0 Å². The fourth-order valence-electron chi connectivity index (χ4n) is 2.47. The van der Waals surface area contributed by atoms with Crippen LogP contribution in [-0.4, -0.2) is 37.3 Å². The Morgan fingerprint density at radius 3 is 2.52 bits per heavy atom. The number of amides is 1. The van der Waals surface area contributed by atoms with E-state index in [1.54, 1.807) is 24.3 Å². The number of benzene rings is 1. The van der Waals surface area contributed by atoms with Gasteiger partial charge in [0.05, 0.1) is 6.10 Å². The van der Waals surface area contributed by atoms with E-state index in [0.29, 0.717) is 17.3 Å². The average molecular weight is 370 g/mol. The molecule has 1 aromatic carbocycles. The van der Waals surface area contributed by atoms with Crippen LogP contribution in [-0.2, 0) is 0 Å². The molecule has 0 saturated carbocycles. The summed E-state index contributed by atoms with van der Waals surface area (Å²) in [6, 6.07) is 6.55. The van der Waals surface area contributed by atoms with Gasteiger partial charge in [0.2, 0.25) is 11.7 Å². The Morgan fingerprint density at radius 2 is 1.93 bits per heavy atom. The standard InChI is InChI=1S/C18H22N6O3/c1-10(2)14(18-22-16(24-27-18)15-19-9-20-23-15)21-17(25)12-5-7-13(8-6-12)26-11(3)4/h5-11,14H,1-4H3,(H,21,25)(H,19,20,23)/t14-/m1/s1. The Morgan fingerprint density at radius 1 is 1.19 bits per heavy atom. The van der Waals surface area contributed by atoms with E-state index in [4.69, 9.17) is 9.26 Å². The zero-order valence-corrected chi connectivity index (χ0v) is 15.6. The topological polar surface area (TPSA) is 119 Å². The number of hydrogen-bond acceptors (Lipinski definition) is 7. The van der Waals surface area contributed by atoms with Crippen molar-refractivity contribution in [3.05, 3.63) is 42.0 Å². The molecule has 0 radical (unpaired) electrons. The third-order valence-electron chi connectivity index (χ3n) is 3.78. The molecular formula is C18H22N6O3. The number of aromatic nitrogens is 5. The molecule has 2 heterocycles. The number of carbonyl (C=O) groups is 1. The van der Waals surface area contributed by atoms with Gasteiger partial charge in [0.25, 0.3) is 5.91 Å². The van der Waals surface area contributed by atoms with E-state index in [0.717, 1.165) is 5.75 Å². The molecule has 0 saturated heterocycles. The number of hydrogen-bond donors (Lipinski definition) is 2. The maximum Gasteiger partial charge on any atom is 0.251 e. The van der Waals surface area contributed by atoms with E-state index < -0.39 is 6.04 Å². The Kier molecular flexibility index (Phi) is 5.49. The van der Waals surface area contributed by atoms with Gasteiger partial charge in [-0.05, 0) is 44.0 Å². The summed E-state index contributed by atoms with van der Waals surface area (Å²) in [5.41, 5.74) is 0.520. The number of nitrogens with zero attached hydrogens (tertiary/aromatic N) is 4. The van der Waals surface area contributed by atoms with Crippen molar-refractivity contribution in [3.8, 4) is 17.4 Å². The summed E-state index contributed by atoms with van der Waals surface area (Å²) in [4.78, 5) is 20.9. The van der Waals surface area contributed by atoms with E-state index in [1.165, 1.54) is 6.33 Å². The van der Waals surface area contributed by atoms with Gasteiger partial charge in [0.15, 0.2) is 5.82 Å². The Bertz CT molecular complexity index is 871. The molecule has 27 heavy (non-hydrogen) atoms. The van der Waals surface area contributed by atoms with Crippen LogP contribution in [0.2, 0.25) is 0 Å². The summed E-state index contributed by atoms with van der Waals surface area (Å²) in [6.07, 6.45) is 1.44. The van der Waals surface area contributed by atoms with Crippen LogP contribution in [0.15, 0.2) is 35.1 Å². The lowest BCUT2D eigenvalue weighted by atomic mass is 10.0. The molecule has 1 atom stereocenters. The Labute approximate surface area is 156 Å². The van der Waals surface area contributed by atoms with E-state index in [1.807, 2.05) is 27.7 Å². The lowest BCUT2D eigenvalue weighted by Gasteiger charge is -2.18. The Balaban J connectivity index is 1.73. The highest BCUT2D eigenvalue weighted by atomic mass is 16.5. The fraction of sp³-hybridized carbons (Fsp3) is 0.389. The molecule has 0 bridgehead atoms. The van der Waals surface area contributed by atoms with Crippen molar-refractivity contribution in [1.29, 1.82) is 0 Å². The molecule has 0 unspecified atom stereocenters. The zero-order chi connectivity index (χ0) is 19.4. The van der Waals surface area contributed by atoms with Gasteiger partial charge in [-0.15, -0.1) is 0 Å². The first-order valence-corrected chi connectivity index (χ1v) is 8.71. The minimum atomic E-state index is -0.437. The van der Waals surface area contributed by atoms with Gasteiger partial charge in [0, 0.05) is 5.56 Å². The van der Waals surface area contributed by atoms with Crippen molar-refractivity contribution in [1.82, 2.24) is 30.6 Å². The fourth-order valence-corrected chi connectivity index (χ4v) is 2.47. The predicted octanol–water partition coefficient (Wildman–Crippen LogP) is 2.77. The molecular weight excluding hydrogens is 348 g/mol. The monoisotopic (exact) mass is 370 g/mol. The molecule has 0 aliphatic carbocycles. The molecule has 0 fully saturated rings. The van der Waals surface area contributed by atoms with E-state index >= 15 is 0 Å². The highest BCUT2D eigenvalue weighted by Gasteiger charge is 2.26. The highest BCUT2D eigenvalue weighted by molar-refractivity contribution is 5.94. The number of nitrogens with one attached hydrogen (secondary N) is 2.